The van der Waals surface area contributed by atoms with Gasteiger partial charge >= 0.3 is 6.18 Å². The number of carbonyl (C=O) groups is 1. The van der Waals surface area contributed by atoms with Crippen molar-refractivity contribution >= 4 is 29.6 Å². The van der Waals surface area contributed by atoms with Crippen LogP contribution in [0.3, 0.4) is 0 Å². The summed E-state index contributed by atoms with van der Waals surface area (Å²) in [6.45, 7) is 0.219. The van der Waals surface area contributed by atoms with E-state index < -0.39 is 12.6 Å². The van der Waals surface area contributed by atoms with E-state index in [2.05, 4.69) is 10.3 Å². The van der Waals surface area contributed by atoms with Crippen LogP contribution in [0.2, 0.25) is 0 Å². The number of hydrogen-bond acceptors (Lipinski definition) is 5. The van der Waals surface area contributed by atoms with Gasteiger partial charge < -0.3 is 15.0 Å². The summed E-state index contributed by atoms with van der Waals surface area (Å²) in [5.74, 6) is 1.22. The van der Waals surface area contributed by atoms with Crippen LogP contribution in [0, 0.1) is 0 Å². The molecule has 1 N–H and O–H groups in total. The molecule has 1 aromatic heterocycles. The Kier molecular flexibility index (Phi) is 7.50. The molecule has 0 radical (unpaired) electrons. The third-order valence-corrected chi connectivity index (χ3v) is 3.83. The number of thioether (sulfide) groups is 1. The zero-order valence-corrected chi connectivity index (χ0v) is 13.4. The van der Waals surface area contributed by atoms with Gasteiger partial charge in [0.15, 0.2) is 0 Å². The van der Waals surface area contributed by atoms with E-state index in [1.54, 1.807) is 12.3 Å². The molecule has 0 atom stereocenters. The van der Waals surface area contributed by atoms with Gasteiger partial charge in [0.25, 0.3) is 0 Å². The van der Waals surface area contributed by atoms with Crippen LogP contribution in [0.5, 0.6) is 0 Å². The van der Waals surface area contributed by atoms with Crippen molar-refractivity contribution in [1.29, 1.82) is 0 Å². The zero-order valence-electron chi connectivity index (χ0n) is 12.6. The average Bonchev–Trinajstić information content (AvgIpc) is 2.43. The first-order valence-corrected chi connectivity index (χ1v) is 7.86. The van der Waals surface area contributed by atoms with Gasteiger partial charge in [0.1, 0.15) is 12.1 Å². The first-order chi connectivity index (χ1) is 10.3. The summed E-state index contributed by atoms with van der Waals surface area (Å²) in [5, 5.41) is 2.90. The van der Waals surface area contributed by atoms with E-state index >= 15 is 0 Å². The van der Waals surface area contributed by atoms with Crippen molar-refractivity contribution in [3.8, 4) is 0 Å². The Balaban J connectivity index is 2.61. The molecular weight excluding hydrogens is 315 g/mol. The highest BCUT2D eigenvalue weighted by molar-refractivity contribution is 7.99. The summed E-state index contributed by atoms with van der Waals surface area (Å²) in [4.78, 5) is 17.4. The number of carbonyl (C=O) groups excluding carboxylic acids is 1. The summed E-state index contributed by atoms with van der Waals surface area (Å²) in [5.41, 5.74) is 0.921. The van der Waals surface area contributed by atoms with Crippen LogP contribution in [-0.4, -0.2) is 43.8 Å². The molecule has 0 aliphatic carbocycles. The maximum Gasteiger partial charge on any atom is 0.389 e. The van der Waals surface area contributed by atoms with E-state index in [1.165, 1.54) is 11.8 Å². The summed E-state index contributed by atoms with van der Waals surface area (Å²) >= 11 is 1.53. The lowest BCUT2D eigenvalue weighted by molar-refractivity contribution is -0.134. The minimum atomic E-state index is -4.12. The number of alkyl halides is 3. The fourth-order valence-corrected chi connectivity index (χ4v) is 2.66. The summed E-state index contributed by atoms with van der Waals surface area (Å²) < 4.78 is 36.2. The number of nitrogens with one attached hydrogen (secondary N) is 1. The predicted octanol–water partition coefficient (Wildman–Crippen LogP) is 3.58. The lowest BCUT2D eigenvalue weighted by atomic mass is 10.3. The van der Waals surface area contributed by atoms with Gasteiger partial charge in [0.2, 0.25) is 0 Å². The fourth-order valence-electron chi connectivity index (χ4n) is 1.71. The highest BCUT2D eigenvalue weighted by atomic mass is 32.2. The van der Waals surface area contributed by atoms with Crippen LogP contribution in [0.4, 0.5) is 24.7 Å². The zero-order chi connectivity index (χ0) is 16.6. The van der Waals surface area contributed by atoms with Gasteiger partial charge in [0, 0.05) is 56.4 Å². The molecular formula is C14H20F3N3OS. The second-order valence-corrected chi connectivity index (χ2v) is 6.02. The van der Waals surface area contributed by atoms with E-state index in [9.17, 15) is 18.0 Å². The molecule has 0 aliphatic rings. The lowest BCUT2D eigenvalue weighted by Gasteiger charge is -2.18. The highest BCUT2D eigenvalue weighted by Gasteiger charge is 2.25. The third-order valence-electron chi connectivity index (χ3n) is 2.76. The van der Waals surface area contributed by atoms with Gasteiger partial charge in [-0.15, -0.1) is 11.8 Å². The number of nitrogens with zero attached hydrogens (tertiary/aromatic N) is 2. The highest BCUT2D eigenvalue weighted by Crippen LogP contribution is 2.30. The first kappa shape index (κ1) is 18.6. The second-order valence-electron chi connectivity index (χ2n) is 4.88. The Morgan fingerprint density at radius 3 is 2.73 bits per heavy atom. The van der Waals surface area contributed by atoms with E-state index in [4.69, 9.17) is 0 Å². The van der Waals surface area contributed by atoms with E-state index in [1.807, 2.05) is 19.0 Å². The smallest absolute Gasteiger partial charge is 0.377 e. The van der Waals surface area contributed by atoms with Crippen LogP contribution in [-0.2, 0) is 4.79 Å². The Labute approximate surface area is 132 Å². The van der Waals surface area contributed by atoms with Crippen molar-refractivity contribution in [3.05, 3.63) is 12.3 Å². The normalized spacial score (nSPS) is 11.3. The van der Waals surface area contributed by atoms with E-state index in [-0.39, 0.29) is 13.0 Å². The molecule has 22 heavy (non-hydrogen) atoms. The monoisotopic (exact) mass is 335 g/mol. The van der Waals surface area contributed by atoms with Gasteiger partial charge in [-0.3, -0.25) is 0 Å². The molecule has 0 aliphatic heterocycles. The molecule has 1 rings (SSSR count). The quantitative estimate of drug-likeness (QED) is 0.424. The molecule has 0 saturated carbocycles. The van der Waals surface area contributed by atoms with Crippen molar-refractivity contribution in [2.24, 2.45) is 0 Å². The molecule has 0 aromatic carbocycles. The summed E-state index contributed by atoms with van der Waals surface area (Å²) in [6, 6.07) is 1.80. The van der Waals surface area contributed by atoms with E-state index in [0.29, 0.717) is 18.0 Å². The molecule has 0 bridgehead atoms. The van der Waals surface area contributed by atoms with Crippen LogP contribution in [0.15, 0.2) is 17.2 Å². The van der Waals surface area contributed by atoms with Gasteiger partial charge in [-0.25, -0.2) is 4.98 Å². The largest absolute Gasteiger partial charge is 0.389 e. The predicted molar refractivity (Wildman–Crippen MR) is 83.7 cm³/mol. The number of anilines is 2. The molecule has 124 valence electrons. The Hall–Kier alpha value is -1.44. The van der Waals surface area contributed by atoms with Gasteiger partial charge in [-0.05, 0) is 6.42 Å². The molecule has 4 nitrogen and oxygen atoms in total. The molecule has 1 aromatic rings. The Morgan fingerprint density at radius 2 is 2.14 bits per heavy atom. The molecule has 0 amide bonds. The van der Waals surface area contributed by atoms with Crippen molar-refractivity contribution in [1.82, 2.24) is 4.98 Å². The number of pyridine rings is 1. The minimum Gasteiger partial charge on any atom is -0.377 e. The molecule has 0 spiro atoms. The van der Waals surface area contributed by atoms with Crippen LogP contribution in [0.1, 0.15) is 19.3 Å². The first-order valence-electron chi connectivity index (χ1n) is 6.88. The molecule has 0 saturated heterocycles. The number of aldehydes is 1. The fraction of sp³-hybridized carbons (Fsp3) is 0.571. The topological polar surface area (TPSA) is 45.2 Å². The summed E-state index contributed by atoms with van der Waals surface area (Å²) in [6.07, 6.45) is -1.90. The Morgan fingerprint density at radius 1 is 1.41 bits per heavy atom. The van der Waals surface area contributed by atoms with E-state index in [0.717, 1.165) is 16.9 Å². The summed E-state index contributed by atoms with van der Waals surface area (Å²) in [7, 11) is 3.76. The number of aromatic nitrogens is 1. The van der Waals surface area contributed by atoms with Crippen LogP contribution >= 0.6 is 11.8 Å². The maximum atomic E-state index is 12.1. The number of hydrogen-bond donors (Lipinski definition) is 1. The molecule has 8 heteroatoms. The van der Waals surface area contributed by atoms with Gasteiger partial charge in [0.05, 0.1) is 5.69 Å². The molecule has 0 unspecified atom stereocenters. The van der Waals surface area contributed by atoms with Crippen LogP contribution < -0.4 is 10.2 Å². The van der Waals surface area contributed by atoms with Crippen molar-refractivity contribution in [3.63, 3.8) is 0 Å². The van der Waals surface area contributed by atoms with Crippen molar-refractivity contribution < 1.29 is 18.0 Å². The number of halogens is 3. The van der Waals surface area contributed by atoms with Crippen molar-refractivity contribution in [2.75, 3.05) is 36.6 Å². The van der Waals surface area contributed by atoms with Crippen LogP contribution in [0.25, 0.3) is 0 Å². The molecule has 0 fully saturated rings. The minimum absolute atomic E-state index is 0.0122. The second kappa shape index (κ2) is 8.87. The standard InChI is InChI=1S/C14H20F3N3OS/c1-20(2)11-9-13(18-6-3-5-14(15,16)17)19-10-12(11)22-8-4-7-21/h7,9-10H,3-6,8H2,1-2H3,(H,18,19). The maximum absolute atomic E-state index is 12.1. The van der Waals surface area contributed by atoms with Crippen molar-refractivity contribution in [2.45, 2.75) is 30.3 Å². The third kappa shape index (κ3) is 7.02. The lowest BCUT2D eigenvalue weighted by Crippen LogP contribution is -2.13. The van der Waals surface area contributed by atoms with Gasteiger partial charge in [-0.1, -0.05) is 0 Å². The number of rotatable bonds is 9. The average molecular weight is 335 g/mol. The van der Waals surface area contributed by atoms with Gasteiger partial charge in [-0.2, -0.15) is 13.2 Å². The Bertz CT molecular complexity index is 481. The SMILES string of the molecule is CN(C)c1cc(NCCCC(F)(F)F)ncc1SCCC=O. The molecule has 1 heterocycles.